The Labute approximate surface area is 177 Å². The molecule has 0 bridgehead atoms. The molecule has 2 aliphatic carbocycles. The van der Waals surface area contributed by atoms with E-state index in [2.05, 4.69) is 0 Å². The third kappa shape index (κ3) is 3.09. The summed E-state index contributed by atoms with van der Waals surface area (Å²) in [5.74, 6) is -2.71. The number of pyridine rings is 1. The van der Waals surface area contributed by atoms with Gasteiger partial charge in [0.1, 0.15) is 17.1 Å². The minimum absolute atomic E-state index is 0. The number of allylic oxidation sites excluding steroid dienone is 1. The van der Waals surface area contributed by atoms with Crippen LogP contribution in [-0.4, -0.2) is 34.8 Å². The number of nitrogens with zero attached hydrogens (tertiary/aromatic N) is 2. The van der Waals surface area contributed by atoms with Crippen LogP contribution in [0.3, 0.4) is 0 Å². The predicted molar refractivity (Wildman–Crippen MR) is 112 cm³/mol. The Balaban J connectivity index is 0.00000218. The standard InChI is InChI=1S/C21H21F2N3O3.ClH/c22-15-6-12-18(26(11-4-5-11)9-14(20(12)27)21(28)29)17(23)19(15)25-7-10-2-1-3-16(24)13(10)8-25;/h1,3,6,9-11,13,16H,2,4-5,7-8,24H2,(H,28,29);1H/t10-,13+,16-;/m1./s1. The largest absolute Gasteiger partial charge is 0.477 e. The van der Waals surface area contributed by atoms with E-state index in [1.165, 1.54) is 10.8 Å². The van der Waals surface area contributed by atoms with Gasteiger partial charge in [-0.1, -0.05) is 12.2 Å². The molecule has 3 atom stereocenters. The van der Waals surface area contributed by atoms with Crippen molar-refractivity contribution in [1.82, 2.24) is 4.57 Å². The third-order valence-electron chi connectivity index (χ3n) is 6.45. The molecule has 1 saturated carbocycles. The molecule has 3 aliphatic rings. The monoisotopic (exact) mass is 437 g/mol. The highest BCUT2D eigenvalue weighted by atomic mass is 35.5. The number of fused-ring (bicyclic) bond motifs is 2. The van der Waals surface area contributed by atoms with E-state index in [1.54, 1.807) is 4.90 Å². The van der Waals surface area contributed by atoms with Gasteiger partial charge in [0.2, 0.25) is 5.43 Å². The second-order valence-corrected chi connectivity index (χ2v) is 8.30. The number of carbonyl (C=O) groups is 1. The highest BCUT2D eigenvalue weighted by Crippen LogP contribution is 2.42. The molecule has 9 heteroatoms. The summed E-state index contributed by atoms with van der Waals surface area (Å²) in [7, 11) is 0. The number of hydrogen-bond acceptors (Lipinski definition) is 4. The molecular weight excluding hydrogens is 416 g/mol. The lowest BCUT2D eigenvalue weighted by Gasteiger charge is -2.25. The Morgan fingerprint density at radius 2 is 1.97 bits per heavy atom. The lowest BCUT2D eigenvalue weighted by Crippen LogP contribution is -2.35. The van der Waals surface area contributed by atoms with Crippen molar-refractivity contribution in [3.8, 4) is 0 Å². The van der Waals surface area contributed by atoms with E-state index in [9.17, 15) is 14.7 Å². The molecular formula is C21H22ClF2N3O3. The maximum Gasteiger partial charge on any atom is 0.341 e. The number of benzene rings is 1. The molecule has 1 saturated heterocycles. The zero-order chi connectivity index (χ0) is 20.4. The summed E-state index contributed by atoms with van der Waals surface area (Å²) in [6.07, 6.45) is 7.49. The van der Waals surface area contributed by atoms with Gasteiger partial charge in [0.15, 0.2) is 5.82 Å². The summed E-state index contributed by atoms with van der Waals surface area (Å²) in [5, 5.41) is 9.10. The topological polar surface area (TPSA) is 88.6 Å². The summed E-state index contributed by atoms with van der Waals surface area (Å²) in [6, 6.07) is 0.762. The Morgan fingerprint density at radius 1 is 1.23 bits per heavy atom. The average molecular weight is 438 g/mol. The van der Waals surface area contributed by atoms with Crippen LogP contribution in [0.25, 0.3) is 10.9 Å². The van der Waals surface area contributed by atoms with E-state index in [0.717, 1.165) is 25.3 Å². The van der Waals surface area contributed by atoms with Gasteiger partial charge in [-0.2, -0.15) is 0 Å². The number of aromatic nitrogens is 1. The smallest absolute Gasteiger partial charge is 0.341 e. The molecule has 0 amide bonds. The van der Waals surface area contributed by atoms with Crippen molar-refractivity contribution in [3.63, 3.8) is 0 Å². The molecule has 5 rings (SSSR count). The van der Waals surface area contributed by atoms with E-state index in [0.29, 0.717) is 13.1 Å². The van der Waals surface area contributed by atoms with Gasteiger partial charge in [-0.3, -0.25) is 4.79 Å². The second-order valence-electron chi connectivity index (χ2n) is 8.30. The van der Waals surface area contributed by atoms with Crippen molar-refractivity contribution < 1.29 is 18.7 Å². The Morgan fingerprint density at radius 3 is 2.60 bits per heavy atom. The Kier molecular flexibility index (Phi) is 5.10. The van der Waals surface area contributed by atoms with Crippen molar-refractivity contribution in [2.45, 2.75) is 31.3 Å². The van der Waals surface area contributed by atoms with Crippen LogP contribution in [0.4, 0.5) is 14.5 Å². The van der Waals surface area contributed by atoms with Gasteiger partial charge in [0.05, 0.1) is 10.9 Å². The second kappa shape index (κ2) is 7.35. The summed E-state index contributed by atoms with van der Waals surface area (Å²) in [6.45, 7) is 0.930. The number of nitrogens with two attached hydrogens (primary N) is 1. The molecule has 2 aromatic rings. The van der Waals surface area contributed by atoms with Gasteiger partial charge in [-0.25, -0.2) is 13.6 Å². The van der Waals surface area contributed by atoms with E-state index >= 15 is 8.78 Å². The summed E-state index contributed by atoms with van der Waals surface area (Å²) in [5.41, 5.74) is 4.65. The molecule has 2 fully saturated rings. The van der Waals surface area contributed by atoms with E-state index < -0.39 is 28.6 Å². The van der Waals surface area contributed by atoms with Crippen LogP contribution < -0.4 is 16.1 Å². The first-order chi connectivity index (χ1) is 13.9. The van der Waals surface area contributed by atoms with E-state index in [1.807, 2.05) is 12.2 Å². The fraction of sp³-hybridized carbons (Fsp3) is 0.429. The first-order valence-electron chi connectivity index (χ1n) is 9.84. The van der Waals surface area contributed by atoms with E-state index in [-0.39, 0.29) is 52.9 Å². The minimum Gasteiger partial charge on any atom is -0.477 e. The van der Waals surface area contributed by atoms with Crippen LogP contribution in [-0.2, 0) is 0 Å². The Bertz CT molecular complexity index is 1130. The first kappa shape index (κ1) is 20.8. The van der Waals surface area contributed by atoms with Crippen LogP contribution in [0.1, 0.15) is 35.7 Å². The minimum atomic E-state index is -1.40. The quantitative estimate of drug-likeness (QED) is 0.720. The summed E-state index contributed by atoms with van der Waals surface area (Å²) >= 11 is 0. The van der Waals surface area contributed by atoms with Gasteiger partial charge >= 0.3 is 5.97 Å². The van der Waals surface area contributed by atoms with Crippen LogP contribution in [0.5, 0.6) is 0 Å². The molecule has 160 valence electrons. The van der Waals surface area contributed by atoms with Gasteiger partial charge in [0, 0.05) is 31.4 Å². The number of hydrogen-bond donors (Lipinski definition) is 2. The van der Waals surface area contributed by atoms with Crippen LogP contribution in [0.15, 0.2) is 29.2 Å². The van der Waals surface area contributed by atoms with Crippen molar-refractivity contribution in [2.24, 2.45) is 17.6 Å². The third-order valence-corrected chi connectivity index (χ3v) is 6.45. The van der Waals surface area contributed by atoms with E-state index in [4.69, 9.17) is 5.73 Å². The maximum atomic E-state index is 15.7. The normalized spacial score (nSPS) is 25.3. The highest BCUT2D eigenvalue weighted by Gasteiger charge is 2.39. The lowest BCUT2D eigenvalue weighted by atomic mass is 9.83. The molecule has 1 aromatic carbocycles. The van der Waals surface area contributed by atoms with Crippen LogP contribution in [0.2, 0.25) is 0 Å². The molecule has 3 N–H and O–H groups in total. The number of carboxylic acids is 1. The fourth-order valence-electron chi connectivity index (χ4n) is 4.83. The number of aromatic carboxylic acids is 1. The molecule has 1 aromatic heterocycles. The number of carboxylic acid groups (broad SMARTS) is 1. The predicted octanol–water partition coefficient (Wildman–Crippen LogP) is 3.07. The summed E-state index contributed by atoms with van der Waals surface area (Å²) < 4.78 is 32.2. The molecule has 0 radical (unpaired) electrons. The van der Waals surface area contributed by atoms with Crippen LogP contribution >= 0.6 is 12.4 Å². The molecule has 30 heavy (non-hydrogen) atoms. The van der Waals surface area contributed by atoms with Gasteiger partial charge in [-0.05, 0) is 37.2 Å². The number of rotatable bonds is 3. The van der Waals surface area contributed by atoms with Gasteiger partial charge in [0.25, 0.3) is 0 Å². The number of halogens is 3. The zero-order valence-corrected chi connectivity index (χ0v) is 16.9. The SMILES string of the molecule is Cl.N[C@@H]1C=CC[C@@H]2CN(c3c(F)cc4c(=O)c(C(=O)O)cn(C5CC5)c4c3F)C[C@@H]21. The fourth-order valence-corrected chi connectivity index (χ4v) is 4.83. The molecule has 2 heterocycles. The van der Waals surface area contributed by atoms with Crippen molar-refractivity contribution in [2.75, 3.05) is 18.0 Å². The molecule has 0 spiro atoms. The highest BCUT2D eigenvalue weighted by molar-refractivity contribution is 5.94. The Hall–Kier alpha value is -2.45. The first-order valence-corrected chi connectivity index (χ1v) is 9.84. The van der Waals surface area contributed by atoms with Crippen LogP contribution in [0, 0.1) is 23.5 Å². The van der Waals surface area contributed by atoms with Crippen molar-refractivity contribution in [1.29, 1.82) is 0 Å². The van der Waals surface area contributed by atoms with Crippen molar-refractivity contribution in [3.05, 3.63) is 51.8 Å². The van der Waals surface area contributed by atoms with Gasteiger partial charge in [-0.15, -0.1) is 12.4 Å². The molecule has 0 unspecified atom stereocenters. The maximum absolute atomic E-state index is 15.7. The van der Waals surface area contributed by atoms with Gasteiger partial charge < -0.3 is 20.3 Å². The number of anilines is 1. The molecule has 6 nitrogen and oxygen atoms in total. The zero-order valence-electron chi connectivity index (χ0n) is 16.1. The molecule has 1 aliphatic heterocycles. The lowest BCUT2D eigenvalue weighted by molar-refractivity contribution is 0.0694. The average Bonchev–Trinajstić information content (AvgIpc) is 3.42. The summed E-state index contributed by atoms with van der Waals surface area (Å²) in [4.78, 5) is 25.7. The van der Waals surface area contributed by atoms with Crippen molar-refractivity contribution >= 4 is 35.0 Å².